The Morgan fingerprint density at radius 3 is 1.07 bits per heavy atom. The zero-order valence-corrected chi connectivity index (χ0v) is 22.0. The number of hydrogen-bond acceptors (Lipinski definition) is 4. The van der Waals surface area contributed by atoms with Crippen molar-refractivity contribution >= 4 is 11.4 Å². The molecule has 0 radical (unpaired) electrons. The molecule has 16 heteroatoms. The van der Waals surface area contributed by atoms with Crippen molar-refractivity contribution in [1.82, 2.24) is 0 Å². The number of phenolic OH excluding ortho intramolecular Hbond substituents is 2. The number of hydrogen-bond donors (Lipinski definition) is 4. The Balaban J connectivity index is 2.42. The summed E-state index contributed by atoms with van der Waals surface area (Å²) in [6, 6.07) is 5.35. The molecule has 0 heterocycles. The van der Waals surface area contributed by atoms with Gasteiger partial charge in [-0.15, -0.1) is 0 Å². The molecule has 4 aromatic carbocycles. The van der Waals surface area contributed by atoms with Gasteiger partial charge in [-0.25, -0.2) is 0 Å². The van der Waals surface area contributed by atoms with E-state index < -0.39 is 97.5 Å². The Morgan fingerprint density at radius 2 is 0.800 bits per heavy atom. The van der Waals surface area contributed by atoms with Crippen LogP contribution in [0, 0.1) is 0 Å². The lowest BCUT2D eigenvalue weighted by Crippen LogP contribution is -2.57. The van der Waals surface area contributed by atoms with Crippen LogP contribution in [0.15, 0.2) is 72.8 Å². The monoisotopic (exact) mass is 654 g/mol. The predicted octanol–water partition coefficient (Wildman–Crippen LogP) is 9.04. The van der Waals surface area contributed by atoms with E-state index in [-0.39, 0.29) is 12.1 Å². The topological polar surface area (TPSA) is 92.5 Å². The van der Waals surface area contributed by atoms with Crippen LogP contribution >= 0.6 is 0 Å². The molecule has 0 amide bonds. The number of rotatable bonds is 4. The summed E-state index contributed by atoms with van der Waals surface area (Å²) in [5, 5.41) is 19.5. The lowest BCUT2D eigenvalue weighted by molar-refractivity contribution is -0.290. The highest BCUT2D eigenvalue weighted by atomic mass is 19.4. The number of halogens is 12. The molecule has 0 aliphatic rings. The SMILES string of the molecule is Nc1cc(-c2cccc(C(F)(F)F)c2C(c2c(-c3ccc(O)c(N)c3)cccc2C(F)(F)F)(C(F)(F)F)C(F)(F)F)ccc1O. The summed E-state index contributed by atoms with van der Waals surface area (Å²) in [5.74, 6) is -1.47. The molecule has 0 fully saturated rings. The summed E-state index contributed by atoms with van der Waals surface area (Å²) in [7, 11) is 0. The van der Waals surface area contributed by atoms with E-state index in [0.717, 1.165) is 0 Å². The summed E-state index contributed by atoms with van der Waals surface area (Å²) in [6.07, 6.45) is -25.8. The Kier molecular flexibility index (Phi) is 7.88. The van der Waals surface area contributed by atoms with E-state index in [1.165, 1.54) is 0 Å². The van der Waals surface area contributed by atoms with Crippen molar-refractivity contribution in [2.45, 2.75) is 30.1 Å². The van der Waals surface area contributed by atoms with E-state index in [9.17, 15) is 36.6 Å². The molecule has 45 heavy (non-hydrogen) atoms. The molecule has 4 aromatic rings. The molecule has 0 atom stereocenters. The lowest BCUT2D eigenvalue weighted by Gasteiger charge is -2.43. The molecule has 0 saturated heterocycles. The van der Waals surface area contributed by atoms with Gasteiger partial charge < -0.3 is 21.7 Å². The highest BCUT2D eigenvalue weighted by Crippen LogP contribution is 2.63. The highest BCUT2D eigenvalue weighted by molar-refractivity contribution is 5.81. The van der Waals surface area contributed by atoms with E-state index in [0.29, 0.717) is 60.7 Å². The van der Waals surface area contributed by atoms with Crippen molar-refractivity contribution in [1.29, 1.82) is 0 Å². The molecule has 0 spiro atoms. The second-order valence-corrected chi connectivity index (χ2v) is 9.74. The summed E-state index contributed by atoms with van der Waals surface area (Å²) < 4.78 is 180. The van der Waals surface area contributed by atoms with E-state index in [1.807, 2.05) is 0 Å². The molecule has 4 rings (SSSR count). The number of phenols is 2. The second-order valence-electron chi connectivity index (χ2n) is 9.74. The van der Waals surface area contributed by atoms with Gasteiger partial charge in [-0.05, 0) is 58.7 Å². The van der Waals surface area contributed by atoms with Crippen molar-refractivity contribution < 1.29 is 62.9 Å². The van der Waals surface area contributed by atoms with E-state index in [2.05, 4.69) is 0 Å². The first-order chi connectivity index (χ1) is 20.5. The number of alkyl halides is 12. The fraction of sp³-hybridized carbons (Fsp3) is 0.172. The first-order valence-electron chi connectivity index (χ1n) is 12.3. The predicted molar refractivity (Wildman–Crippen MR) is 139 cm³/mol. The Labute approximate surface area is 245 Å². The minimum absolute atomic E-state index is 0.122. The third-order valence-electron chi connectivity index (χ3n) is 7.02. The molecule has 0 saturated carbocycles. The average Bonchev–Trinajstić information content (AvgIpc) is 2.89. The molecular formula is C29H18F12N2O2. The zero-order valence-electron chi connectivity index (χ0n) is 22.0. The molecule has 0 aliphatic heterocycles. The lowest BCUT2D eigenvalue weighted by atomic mass is 9.65. The second kappa shape index (κ2) is 10.7. The molecule has 0 aromatic heterocycles. The molecule has 4 nitrogen and oxygen atoms in total. The van der Waals surface area contributed by atoms with Gasteiger partial charge in [0, 0.05) is 11.1 Å². The van der Waals surface area contributed by atoms with Gasteiger partial charge in [-0.1, -0.05) is 36.4 Å². The van der Waals surface area contributed by atoms with Crippen LogP contribution in [0.2, 0.25) is 0 Å². The molecule has 0 bridgehead atoms. The largest absolute Gasteiger partial charge is 0.506 e. The first-order valence-corrected chi connectivity index (χ1v) is 12.3. The van der Waals surface area contributed by atoms with Gasteiger partial charge in [0.25, 0.3) is 0 Å². The molecular weight excluding hydrogens is 636 g/mol. The summed E-state index contributed by atoms with van der Waals surface area (Å²) in [4.78, 5) is 0. The fourth-order valence-electron chi connectivity index (χ4n) is 5.16. The number of nitrogen functional groups attached to an aromatic ring is 2. The number of nitrogens with two attached hydrogens (primary N) is 2. The standard InChI is InChI=1S/C29H18F12N2O2/c30-26(31,32)17-5-1-3-15(13-7-9-21(44)19(42)11-13)23(17)25(28(36,37)38,29(39,40)41)24-16(4-2-6-18(24)27(33,34)35)14-8-10-22(45)20(43)12-14/h1-12,44-45H,42-43H2. The summed E-state index contributed by atoms with van der Waals surface area (Å²) in [6.45, 7) is 0. The molecule has 6 N–H and O–H groups in total. The fourth-order valence-corrected chi connectivity index (χ4v) is 5.16. The molecule has 0 aliphatic carbocycles. The normalized spacial score (nSPS) is 13.2. The van der Waals surface area contributed by atoms with Crippen LogP contribution in [0.25, 0.3) is 22.3 Å². The van der Waals surface area contributed by atoms with Crippen molar-refractivity contribution in [3.63, 3.8) is 0 Å². The Bertz CT molecular complexity index is 1630. The summed E-state index contributed by atoms with van der Waals surface area (Å²) >= 11 is 0. The third-order valence-corrected chi connectivity index (χ3v) is 7.02. The van der Waals surface area contributed by atoms with Crippen LogP contribution in [0.4, 0.5) is 64.1 Å². The van der Waals surface area contributed by atoms with Crippen molar-refractivity contribution in [2.75, 3.05) is 11.5 Å². The highest BCUT2D eigenvalue weighted by Gasteiger charge is 2.76. The van der Waals surface area contributed by atoms with Gasteiger partial charge >= 0.3 is 24.7 Å². The number of aromatic hydroxyl groups is 2. The van der Waals surface area contributed by atoms with Gasteiger partial charge in [0.1, 0.15) is 11.5 Å². The quantitative estimate of drug-likeness (QED) is 0.100. The summed E-state index contributed by atoms with van der Waals surface area (Å²) in [5.41, 5.74) is -11.1. The smallest absolute Gasteiger partial charge is 0.416 e. The minimum atomic E-state index is -6.94. The molecule has 240 valence electrons. The van der Waals surface area contributed by atoms with Crippen LogP contribution in [-0.2, 0) is 17.8 Å². The van der Waals surface area contributed by atoms with Crippen molar-refractivity contribution in [2.24, 2.45) is 0 Å². The first kappa shape index (κ1) is 33.1. The maximum Gasteiger partial charge on any atom is 0.416 e. The van der Waals surface area contributed by atoms with Crippen LogP contribution < -0.4 is 11.5 Å². The van der Waals surface area contributed by atoms with Crippen LogP contribution in [0.5, 0.6) is 11.5 Å². The van der Waals surface area contributed by atoms with Crippen molar-refractivity contribution in [3.8, 4) is 33.8 Å². The van der Waals surface area contributed by atoms with E-state index in [4.69, 9.17) is 11.5 Å². The third kappa shape index (κ3) is 5.53. The van der Waals surface area contributed by atoms with Crippen LogP contribution in [-0.4, -0.2) is 22.6 Å². The van der Waals surface area contributed by atoms with Gasteiger partial charge in [0.05, 0.1) is 22.5 Å². The molecule has 0 unspecified atom stereocenters. The van der Waals surface area contributed by atoms with Crippen molar-refractivity contribution in [3.05, 3.63) is 95.1 Å². The Hall–Kier alpha value is -4.76. The van der Waals surface area contributed by atoms with Gasteiger partial charge in [-0.3, -0.25) is 0 Å². The van der Waals surface area contributed by atoms with Crippen LogP contribution in [0.1, 0.15) is 22.3 Å². The van der Waals surface area contributed by atoms with Gasteiger partial charge in [0.15, 0.2) is 0 Å². The van der Waals surface area contributed by atoms with Gasteiger partial charge in [0.2, 0.25) is 5.41 Å². The number of anilines is 2. The average molecular weight is 654 g/mol. The maximum atomic E-state index is 15.5. The van der Waals surface area contributed by atoms with E-state index >= 15 is 26.3 Å². The number of benzene rings is 4. The minimum Gasteiger partial charge on any atom is -0.506 e. The maximum absolute atomic E-state index is 15.5. The van der Waals surface area contributed by atoms with Gasteiger partial charge in [-0.2, -0.15) is 52.7 Å². The zero-order chi connectivity index (χ0) is 33.9. The van der Waals surface area contributed by atoms with Crippen LogP contribution in [0.3, 0.4) is 0 Å². The van der Waals surface area contributed by atoms with E-state index in [1.54, 1.807) is 0 Å². The Morgan fingerprint density at radius 1 is 0.467 bits per heavy atom.